The highest BCUT2D eigenvalue weighted by Crippen LogP contribution is 1.89. The van der Waals surface area contributed by atoms with E-state index in [4.69, 9.17) is 11.1 Å². The molecule has 0 aromatic rings. The summed E-state index contributed by atoms with van der Waals surface area (Å²) in [6, 6.07) is 0. The van der Waals surface area contributed by atoms with Gasteiger partial charge in [0, 0.05) is 11.9 Å². The van der Waals surface area contributed by atoms with E-state index in [0.29, 0.717) is 5.70 Å². The number of nitrogens with one attached hydrogen (secondary N) is 1. The highest BCUT2D eigenvalue weighted by Gasteiger charge is 1.81. The molecule has 0 amide bonds. The van der Waals surface area contributed by atoms with Crippen molar-refractivity contribution < 1.29 is 0 Å². The predicted molar refractivity (Wildman–Crippen MR) is 31.3 cm³/mol. The topological polar surface area (TPSA) is 49.9 Å². The fourth-order valence-electron chi connectivity index (χ4n) is 0.144. The Balaban J connectivity index is 3.98. The average Bonchev–Trinajstić information content (AvgIpc) is 1.65. The first kappa shape index (κ1) is 6.21. The fourth-order valence-corrected chi connectivity index (χ4v) is 0.144. The van der Waals surface area contributed by atoms with E-state index in [0.717, 1.165) is 11.8 Å². The fraction of sp³-hybridized carbons (Fsp3) is 0.400. The standard InChI is InChI=1S/C5H10N2/c1-4(2)5(7)3-6/h3,6H,7H2,1-2H3. The minimum Gasteiger partial charge on any atom is -0.398 e. The van der Waals surface area contributed by atoms with Crippen molar-refractivity contribution in [3.8, 4) is 0 Å². The molecule has 40 valence electrons. The van der Waals surface area contributed by atoms with Gasteiger partial charge in [-0.15, -0.1) is 0 Å². The number of nitrogens with two attached hydrogens (primary N) is 1. The zero-order valence-corrected chi connectivity index (χ0v) is 4.65. The van der Waals surface area contributed by atoms with Gasteiger partial charge >= 0.3 is 0 Å². The van der Waals surface area contributed by atoms with E-state index in [2.05, 4.69) is 0 Å². The van der Waals surface area contributed by atoms with Gasteiger partial charge in [0.05, 0.1) is 0 Å². The second-order valence-corrected chi connectivity index (χ2v) is 1.60. The summed E-state index contributed by atoms with van der Waals surface area (Å²) in [6.07, 6.45) is 1.15. The summed E-state index contributed by atoms with van der Waals surface area (Å²) in [5, 5.41) is 6.63. The van der Waals surface area contributed by atoms with Gasteiger partial charge in [-0.2, -0.15) is 0 Å². The van der Waals surface area contributed by atoms with Crippen molar-refractivity contribution in [1.82, 2.24) is 0 Å². The maximum Gasteiger partial charge on any atom is 0.0479 e. The number of allylic oxidation sites excluding steroid dienone is 2. The maximum atomic E-state index is 6.63. The molecule has 0 aliphatic carbocycles. The summed E-state index contributed by atoms with van der Waals surface area (Å²) >= 11 is 0. The van der Waals surface area contributed by atoms with Crippen molar-refractivity contribution in [3.05, 3.63) is 11.3 Å². The van der Waals surface area contributed by atoms with Crippen molar-refractivity contribution in [2.24, 2.45) is 5.73 Å². The number of hydrogen-bond donors (Lipinski definition) is 2. The van der Waals surface area contributed by atoms with Crippen LogP contribution in [0.1, 0.15) is 13.8 Å². The smallest absolute Gasteiger partial charge is 0.0479 e. The summed E-state index contributed by atoms with van der Waals surface area (Å²) in [4.78, 5) is 0. The third-order valence-corrected chi connectivity index (χ3v) is 0.733. The monoisotopic (exact) mass is 98.1 g/mol. The molecule has 0 saturated carbocycles. The first-order valence-electron chi connectivity index (χ1n) is 2.12. The molecule has 2 heteroatoms. The van der Waals surface area contributed by atoms with E-state index in [-0.39, 0.29) is 0 Å². The van der Waals surface area contributed by atoms with E-state index in [9.17, 15) is 0 Å². The molecule has 0 unspecified atom stereocenters. The molecule has 0 bridgehead atoms. The molecule has 0 atom stereocenters. The van der Waals surface area contributed by atoms with Gasteiger partial charge in [0.2, 0.25) is 0 Å². The second-order valence-electron chi connectivity index (χ2n) is 1.60. The normalized spacial score (nSPS) is 7.71. The van der Waals surface area contributed by atoms with Gasteiger partial charge in [0.1, 0.15) is 0 Å². The lowest BCUT2D eigenvalue weighted by atomic mass is 10.3. The molecule has 0 aromatic heterocycles. The predicted octanol–water partition coefficient (Wildman–Crippen LogP) is 0.889. The van der Waals surface area contributed by atoms with E-state index >= 15 is 0 Å². The molecule has 0 rings (SSSR count). The Morgan fingerprint density at radius 3 is 2.00 bits per heavy atom. The Kier molecular flexibility index (Phi) is 2.12. The van der Waals surface area contributed by atoms with Gasteiger partial charge in [-0.25, -0.2) is 0 Å². The van der Waals surface area contributed by atoms with Crippen molar-refractivity contribution in [3.63, 3.8) is 0 Å². The average molecular weight is 98.1 g/mol. The molecule has 0 saturated heterocycles. The highest BCUT2D eigenvalue weighted by atomic mass is 14.6. The number of rotatable bonds is 1. The van der Waals surface area contributed by atoms with Crippen molar-refractivity contribution in [1.29, 1.82) is 5.41 Å². The minimum atomic E-state index is 0.556. The Hall–Kier alpha value is -0.790. The van der Waals surface area contributed by atoms with Crippen LogP contribution in [0.15, 0.2) is 11.3 Å². The Labute approximate surface area is 43.5 Å². The first-order valence-corrected chi connectivity index (χ1v) is 2.12. The molecule has 0 aliphatic heterocycles. The van der Waals surface area contributed by atoms with E-state index in [1.54, 1.807) is 0 Å². The third-order valence-electron chi connectivity index (χ3n) is 0.733. The summed E-state index contributed by atoms with van der Waals surface area (Å²) in [7, 11) is 0. The van der Waals surface area contributed by atoms with E-state index < -0.39 is 0 Å². The van der Waals surface area contributed by atoms with Gasteiger partial charge < -0.3 is 11.1 Å². The summed E-state index contributed by atoms with van der Waals surface area (Å²) in [5.74, 6) is 0. The molecule has 0 aromatic carbocycles. The van der Waals surface area contributed by atoms with E-state index in [1.165, 1.54) is 0 Å². The Morgan fingerprint density at radius 2 is 2.00 bits per heavy atom. The van der Waals surface area contributed by atoms with Crippen LogP contribution in [0, 0.1) is 5.41 Å². The first-order chi connectivity index (χ1) is 3.18. The van der Waals surface area contributed by atoms with Crippen LogP contribution in [0.4, 0.5) is 0 Å². The van der Waals surface area contributed by atoms with Crippen LogP contribution in [0.3, 0.4) is 0 Å². The lowest BCUT2D eigenvalue weighted by molar-refractivity contribution is 1.28. The van der Waals surface area contributed by atoms with Crippen LogP contribution in [-0.2, 0) is 0 Å². The Morgan fingerprint density at radius 1 is 1.57 bits per heavy atom. The number of hydrogen-bond acceptors (Lipinski definition) is 2. The molecular weight excluding hydrogens is 88.1 g/mol. The lowest BCUT2D eigenvalue weighted by Crippen LogP contribution is -1.98. The van der Waals surface area contributed by atoms with Crippen molar-refractivity contribution >= 4 is 6.21 Å². The van der Waals surface area contributed by atoms with Crippen LogP contribution in [-0.4, -0.2) is 6.21 Å². The van der Waals surface area contributed by atoms with Gasteiger partial charge in [-0.05, 0) is 13.8 Å². The molecule has 0 fully saturated rings. The largest absolute Gasteiger partial charge is 0.398 e. The Bertz CT molecular complexity index is 98.6. The van der Waals surface area contributed by atoms with Crippen LogP contribution < -0.4 is 5.73 Å². The molecule has 0 heterocycles. The quantitative estimate of drug-likeness (QED) is 0.470. The summed E-state index contributed by atoms with van der Waals surface area (Å²) in [6.45, 7) is 3.75. The molecule has 2 nitrogen and oxygen atoms in total. The van der Waals surface area contributed by atoms with Crippen LogP contribution in [0.2, 0.25) is 0 Å². The maximum absolute atomic E-state index is 6.63. The van der Waals surface area contributed by atoms with Gasteiger partial charge in [-0.1, -0.05) is 5.57 Å². The molecule has 7 heavy (non-hydrogen) atoms. The minimum absolute atomic E-state index is 0.556. The van der Waals surface area contributed by atoms with Gasteiger partial charge in [0.15, 0.2) is 0 Å². The van der Waals surface area contributed by atoms with Crippen molar-refractivity contribution in [2.45, 2.75) is 13.8 Å². The molecule has 0 aliphatic rings. The summed E-state index contributed by atoms with van der Waals surface area (Å²) in [5.41, 5.74) is 6.80. The molecular formula is C5H10N2. The van der Waals surface area contributed by atoms with Crippen LogP contribution >= 0.6 is 0 Å². The third kappa shape index (κ3) is 1.98. The lowest BCUT2D eigenvalue weighted by Gasteiger charge is -1.89. The summed E-state index contributed by atoms with van der Waals surface area (Å²) < 4.78 is 0. The zero-order valence-electron chi connectivity index (χ0n) is 4.65. The van der Waals surface area contributed by atoms with E-state index in [1.807, 2.05) is 13.8 Å². The molecule has 0 radical (unpaired) electrons. The molecule has 3 N–H and O–H groups in total. The van der Waals surface area contributed by atoms with Crippen LogP contribution in [0.25, 0.3) is 0 Å². The van der Waals surface area contributed by atoms with Crippen LogP contribution in [0.5, 0.6) is 0 Å². The highest BCUT2D eigenvalue weighted by molar-refractivity contribution is 5.75. The van der Waals surface area contributed by atoms with Gasteiger partial charge in [0.25, 0.3) is 0 Å². The van der Waals surface area contributed by atoms with Crippen molar-refractivity contribution in [2.75, 3.05) is 0 Å². The SMILES string of the molecule is CC(C)=C(N)C=N. The molecule has 0 spiro atoms. The second kappa shape index (κ2) is 2.39. The van der Waals surface area contributed by atoms with Gasteiger partial charge in [-0.3, -0.25) is 0 Å². The zero-order chi connectivity index (χ0) is 5.86.